The van der Waals surface area contributed by atoms with Crippen LogP contribution in [0.3, 0.4) is 0 Å². The van der Waals surface area contributed by atoms with Crippen molar-refractivity contribution in [2.24, 2.45) is 5.73 Å². The highest BCUT2D eigenvalue weighted by Gasteiger charge is 2.44. The van der Waals surface area contributed by atoms with E-state index in [-0.39, 0.29) is 24.8 Å². The molecule has 1 fully saturated rings. The third-order valence-electron chi connectivity index (χ3n) is 5.34. The molecule has 0 spiro atoms. The van der Waals surface area contributed by atoms with Crippen molar-refractivity contribution in [3.8, 4) is 0 Å². The summed E-state index contributed by atoms with van der Waals surface area (Å²) in [6.45, 7) is 3.85. The fourth-order valence-electron chi connectivity index (χ4n) is 3.84. The van der Waals surface area contributed by atoms with Gasteiger partial charge >= 0.3 is 6.03 Å². The number of carbonyl (C=O) groups excluding carboxylic acids is 4. The number of nitrogens with two attached hydrogens (primary N) is 1. The highest BCUT2D eigenvalue weighted by atomic mass is 16.3. The Morgan fingerprint density at radius 1 is 1.09 bits per heavy atom. The molecule has 176 valence electrons. The topological polar surface area (TPSA) is 147 Å². The molecule has 10 heteroatoms. The summed E-state index contributed by atoms with van der Waals surface area (Å²) in [5, 5.41) is 8.16. The number of hydrogen-bond acceptors (Lipinski definition) is 5. The van der Waals surface area contributed by atoms with Crippen LogP contribution in [0.25, 0.3) is 0 Å². The minimum atomic E-state index is -1.04. The number of nitrogens with one attached hydrogen (secondary N) is 3. The predicted octanol–water partition coefficient (Wildman–Crippen LogP) is 0.783. The number of likely N-dealkylation sites (tertiary alicyclic amines) is 1. The molecular formula is C23H29N5O5. The number of benzene rings is 1. The zero-order valence-corrected chi connectivity index (χ0v) is 18.6. The molecule has 2 aromatic rings. The molecule has 1 saturated heterocycles. The Morgan fingerprint density at radius 2 is 1.82 bits per heavy atom. The number of hydrogen-bond donors (Lipinski definition) is 4. The molecule has 1 aromatic heterocycles. The summed E-state index contributed by atoms with van der Waals surface area (Å²) in [7, 11) is 0. The molecule has 0 saturated carbocycles. The van der Waals surface area contributed by atoms with Gasteiger partial charge in [-0.3, -0.25) is 14.4 Å². The Labute approximate surface area is 191 Å². The average molecular weight is 456 g/mol. The van der Waals surface area contributed by atoms with Crippen molar-refractivity contribution in [1.82, 2.24) is 20.9 Å². The molecule has 0 aliphatic carbocycles. The Bertz CT molecular complexity index is 976. The van der Waals surface area contributed by atoms with Crippen LogP contribution in [0.1, 0.15) is 36.4 Å². The largest absolute Gasteiger partial charge is 0.459 e. The SMILES string of the molecule is CC(C)NC(=O)N[C@H]1CCN(C(=O)c2ccco2)[C@@H]1C(=O)N[C@H](Cc1ccccc1)C(N)=O. The fourth-order valence-corrected chi connectivity index (χ4v) is 3.84. The summed E-state index contributed by atoms with van der Waals surface area (Å²) in [6.07, 6.45) is 1.93. The highest BCUT2D eigenvalue weighted by molar-refractivity contribution is 5.97. The van der Waals surface area contributed by atoms with Crippen LogP contribution in [-0.2, 0) is 16.0 Å². The summed E-state index contributed by atoms with van der Waals surface area (Å²) < 4.78 is 5.21. The van der Waals surface area contributed by atoms with Crippen LogP contribution >= 0.6 is 0 Å². The number of furan rings is 1. The molecule has 5 amide bonds. The van der Waals surface area contributed by atoms with Gasteiger partial charge in [0.05, 0.1) is 12.3 Å². The Hall–Kier alpha value is -3.82. The summed E-state index contributed by atoms with van der Waals surface area (Å²) in [5.74, 6) is -1.68. The van der Waals surface area contributed by atoms with E-state index in [0.717, 1.165) is 5.56 Å². The standard InChI is InChI=1S/C23H29N5O5/c1-14(2)25-23(32)27-16-10-11-28(22(31)18-9-6-12-33-18)19(16)21(30)26-17(20(24)29)13-15-7-4-3-5-8-15/h3-9,12,14,16-17,19H,10-11,13H2,1-2H3,(H2,24,29)(H,26,30)(H2,25,27,32)/t16-,17+,19-/m0/s1. The van der Waals surface area contributed by atoms with Gasteiger partial charge in [-0.05, 0) is 38.0 Å². The summed E-state index contributed by atoms with van der Waals surface area (Å²) >= 11 is 0. The van der Waals surface area contributed by atoms with Crippen molar-refractivity contribution in [3.05, 3.63) is 60.1 Å². The highest BCUT2D eigenvalue weighted by Crippen LogP contribution is 2.22. The van der Waals surface area contributed by atoms with E-state index in [1.807, 2.05) is 44.2 Å². The van der Waals surface area contributed by atoms with Gasteiger partial charge in [0.2, 0.25) is 11.8 Å². The third-order valence-corrected chi connectivity index (χ3v) is 5.34. The van der Waals surface area contributed by atoms with E-state index in [0.29, 0.717) is 6.42 Å². The molecule has 10 nitrogen and oxygen atoms in total. The molecule has 3 rings (SSSR count). The van der Waals surface area contributed by atoms with Crippen LogP contribution in [0.2, 0.25) is 0 Å². The van der Waals surface area contributed by atoms with Gasteiger partial charge in [0.15, 0.2) is 5.76 Å². The van der Waals surface area contributed by atoms with Crippen LogP contribution in [0.15, 0.2) is 53.1 Å². The van der Waals surface area contributed by atoms with E-state index < -0.39 is 41.9 Å². The average Bonchev–Trinajstić information content (AvgIpc) is 3.43. The Morgan fingerprint density at radius 3 is 2.42 bits per heavy atom. The molecule has 2 heterocycles. The minimum Gasteiger partial charge on any atom is -0.459 e. The van der Waals surface area contributed by atoms with Gasteiger partial charge in [0.25, 0.3) is 5.91 Å². The number of carbonyl (C=O) groups is 4. The van der Waals surface area contributed by atoms with E-state index in [4.69, 9.17) is 10.2 Å². The lowest BCUT2D eigenvalue weighted by molar-refractivity contribution is -0.130. The first-order chi connectivity index (χ1) is 15.8. The minimum absolute atomic E-state index is 0.0795. The molecule has 0 unspecified atom stereocenters. The monoisotopic (exact) mass is 455 g/mol. The Kier molecular flexibility index (Phi) is 7.70. The molecule has 1 aliphatic rings. The van der Waals surface area contributed by atoms with Gasteiger partial charge in [-0.15, -0.1) is 0 Å². The zero-order valence-electron chi connectivity index (χ0n) is 18.6. The third kappa shape index (κ3) is 6.12. The number of rotatable bonds is 8. The van der Waals surface area contributed by atoms with E-state index in [1.54, 1.807) is 6.07 Å². The molecule has 0 bridgehead atoms. The van der Waals surface area contributed by atoms with E-state index >= 15 is 0 Å². The number of amides is 5. The predicted molar refractivity (Wildman–Crippen MR) is 120 cm³/mol. The molecule has 1 aromatic carbocycles. The second-order valence-corrected chi connectivity index (χ2v) is 8.24. The van der Waals surface area contributed by atoms with Gasteiger partial charge in [-0.2, -0.15) is 0 Å². The summed E-state index contributed by atoms with van der Waals surface area (Å²) in [5.41, 5.74) is 6.37. The first-order valence-corrected chi connectivity index (χ1v) is 10.8. The molecular weight excluding hydrogens is 426 g/mol. The second-order valence-electron chi connectivity index (χ2n) is 8.24. The van der Waals surface area contributed by atoms with Crippen LogP contribution < -0.4 is 21.7 Å². The number of urea groups is 1. The summed E-state index contributed by atoms with van der Waals surface area (Å²) in [6, 6.07) is 8.98. The second kappa shape index (κ2) is 10.7. The van der Waals surface area contributed by atoms with E-state index in [1.165, 1.54) is 17.2 Å². The maximum Gasteiger partial charge on any atom is 0.315 e. The van der Waals surface area contributed by atoms with Crippen molar-refractivity contribution in [1.29, 1.82) is 0 Å². The molecule has 0 radical (unpaired) electrons. The zero-order chi connectivity index (χ0) is 24.0. The Balaban J connectivity index is 1.80. The van der Waals surface area contributed by atoms with Crippen LogP contribution in [0, 0.1) is 0 Å². The van der Waals surface area contributed by atoms with Gasteiger partial charge in [-0.1, -0.05) is 30.3 Å². The van der Waals surface area contributed by atoms with Crippen LogP contribution in [0.4, 0.5) is 4.79 Å². The van der Waals surface area contributed by atoms with Crippen molar-refractivity contribution >= 4 is 23.8 Å². The van der Waals surface area contributed by atoms with Gasteiger partial charge in [0.1, 0.15) is 12.1 Å². The maximum absolute atomic E-state index is 13.3. The van der Waals surface area contributed by atoms with Crippen LogP contribution in [-0.4, -0.2) is 59.4 Å². The fraction of sp³-hybridized carbons (Fsp3) is 0.391. The smallest absolute Gasteiger partial charge is 0.315 e. The van der Waals surface area contributed by atoms with Gasteiger partial charge < -0.3 is 31.0 Å². The quantitative estimate of drug-likeness (QED) is 0.465. The van der Waals surface area contributed by atoms with Crippen molar-refractivity contribution < 1.29 is 23.6 Å². The van der Waals surface area contributed by atoms with Crippen molar-refractivity contribution in [2.75, 3.05) is 6.54 Å². The number of nitrogens with zero attached hydrogens (tertiary/aromatic N) is 1. The van der Waals surface area contributed by atoms with Crippen molar-refractivity contribution in [2.45, 2.75) is 50.9 Å². The first kappa shape index (κ1) is 23.8. The van der Waals surface area contributed by atoms with E-state index in [2.05, 4.69) is 16.0 Å². The lowest BCUT2D eigenvalue weighted by Gasteiger charge is -2.29. The molecule has 1 aliphatic heterocycles. The molecule has 3 atom stereocenters. The first-order valence-electron chi connectivity index (χ1n) is 10.8. The van der Waals surface area contributed by atoms with E-state index in [9.17, 15) is 19.2 Å². The summed E-state index contributed by atoms with van der Waals surface area (Å²) in [4.78, 5) is 52.0. The van der Waals surface area contributed by atoms with Gasteiger partial charge in [-0.25, -0.2) is 4.79 Å². The maximum atomic E-state index is 13.3. The molecule has 33 heavy (non-hydrogen) atoms. The molecule has 5 N–H and O–H groups in total. The lowest BCUT2D eigenvalue weighted by Crippen LogP contribution is -2.59. The van der Waals surface area contributed by atoms with Crippen LogP contribution in [0.5, 0.6) is 0 Å². The normalized spacial score (nSPS) is 18.6. The van der Waals surface area contributed by atoms with Gasteiger partial charge in [0, 0.05) is 19.0 Å². The van der Waals surface area contributed by atoms with Crippen molar-refractivity contribution in [3.63, 3.8) is 0 Å². The number of primary amides is 1. The lowest BCUT2D eigenvalue weighted by atomic mass is 10.0.